The third-order valence-corrected chi connectivity index (χ3v) is 3.76. The molecule has 0 aliphatic rings. The van der Waals surface area contributed by atoms with Gasteiger partial charge in [0.05, 0.1) is 18.3 Å². The highest BCUT2D eigenvalue weighted by Crippen LogP contribution is 2.07. The lowest BCUT2D eigenvalue weighted by atomic mass is 10.1. The molecule has 0 bridgehead atoms. The van der Waals surface area contributed by atoms with Gasteiger partial charge in [0.25, 0.3) is 0 Å². The van der Waals surface area contributed by atoms with Gasteiger partial charge < -0.3 is 20.4 Å². The van der Waals surface area contributed by atoms with Crippen molar-refractivity contribution in [3.8, 4) is 0 Å². The van der Waals surface area contributed by atoms with Crippen molar-refractivity contribution in [3.05, 3.63) is 60.8 Å². The quantitative estimate of drug-likeness (QED) is 0.198. The summed E-state index contributed by atoms with van der Waals surface area (Å²) in [4.78, 5) is 10.4. The summed E-state index contributed by atoms with van der Waals surface area (Å²) in [5.74, 6) is -0.779. The zero-order valence-electron chi connectivity index (χ0n) is 16.2. The van der Waals surface area contributed by atoms with Crippen LogP contribution in [-0.4, -0.2) is 44.7 Å². The molecule has 0 fully saturated rings. The first kappa shape index (κ1) is 25.1. The summed E-state index contributed by atoms with van der Waals surface area (Å²) in [6.45, 7) is 2.01. The molecule has 0 aromatic carbocycles. The molecule has 0 aromatic rings. The van der Waals surface area contributed by atoms with Crippen LogP contribution in [-0.2, 0) is 4.79 Å². The average molecular weight is 379 g/mol. The van der Waals surface area contributed by atoms with Gasteiger partial charge in [-0.05, 0) is 25.7 Å². The number of aliphatic hydroxyl groups is 3. The standard InChI is InChI=1S/C22H34O5/c1-2-3-9-16-20(24)21(25)17-12-7-5-4-6-10-14-19(23)15-11-8-13-18-22(26)27/h3-7,9-10,12,14,17,19-21,23-25H,2,8,11,13,15-16,18H2,1H3,(H,26,27)/b6-4-,7-5+,9-3-,14-10+,17-12+/t19-,20+,21-/m1/s1. The Morgan fingerprint density at radius 1 is 0.852 bits per heavy atom. The van der Waals surface area contributed by atoms with Gasteiger partial charge in [-0.1, -0.05) is 80.5 Å². The van der Waals surface area contributed by atoms with E-state index >= 15 is 0 Å². The van der Waals surface area contributed by atoms with E-state index in [9.17, 15) is 20.1 Å². The van der Waals surface area contributed by atoms with Crippen molar-refractivity contribution in [2.75, 3.05) is 0 Å². The highest BCUT2D eigenvalue weighted by molar-refractivity contribution is 5.66. The SMILES string of the molecule is CC/C=C\C[C@H](O)[C@H](O)/C=C/C=C/C=C\C=C\[C@@H](O)CCCCCC(=O)O. The van der Waals surface area contributed by atoms with Crippen LogP contribution in [0.15, 0.2) is 60.8 Å². The van der Waals surface area contributed by atoms with E-state index in [1.54, 1.807) is 48.6 Å². The predicted octanol–water partition coefficient (Wildman–Crippen LogP) is 3.69. The fourth-order valence-electron chi connectivity index (χ4n) is 2.20. The van der Waals surface area contributed by atoms with Crippen molar-refractivity contribution < 1.29 is 25.2 Å². The Hall–Kier alpha value is -1.95. The lowest BCUT2D eigenvalue weighted by Crippen LogP contribution is -2.22. The lowest BCUT2D eigenvalue weighted by molar-refractivity contribution is -0.137. The van der Waals surface area contributed by atoms with Gasteiger partial charge in [-0.2, -0.15) is 0 Å². The molecular formula is C22H34O5. The molecule has 0 amide bonds. The minimum atomic E-state index is -0.898. The molecule has 0 heterocycles. The summed E-state index contributed by atoms with van der Waals surface area (Å²) in [7, 11) is 0. The summed E-state index contributed by atoms with van der Waals surface area (Å²) in [6.07, 6.45) is 19.8. The monoisotopic (exact) mass is 378 g/mol. The molecule has 0 radical (unpaired) electrons. The fraction of sp³-hybridized carbons (Fsp3) is 0.500. The predicted molar refractivity (Wildman–Crippen MR) is 109 cm³/mol. The first-order valence-electron chi connectivity index (χ1n) is 9.56. The zero-order chi connectivity index (χ0) is 20.3. The smallest absolute Gasteiger partial charge is 0.303 e. The first-order chi connectivity index (χ1) is 13.0. The largest absolute Gasteiger partial charge is 0.481 e. The molecule has 0 aliphatic carbocycles. The van der Waals surface area contributed by atoms with Gasteiger partial charge in [-0.25, -0.2) is 0 Å². The van der Waals surface area contributed by atoms with Gasteiger partial charge >= 0.3 is 5.97 Å². The van der Waals surface area contributed by atoms with E-state index < -0.39 is 24.3 Å². The van der Waals surface area contributed by atoms with Crippen LogP contribution >= 0.6 is 0 Å². The Balaban J connectivity index is 3.94. The molecule has 5 heteroatoms. The van der Waals surface area contributed by atoms with E-state index in [0.29, 0.717) is 19.3 Å². The number of hydrogen-bond donors (Lipinski definition) is 4. The molecule has 0 rings (SSSR count). The fourth-order valence-corrected chi connectivity index (χ4v) is 2.20. The first-order valence-corrected chi connectivity index (χ1v) is 9.56. The highest BCUT2D eigenvalue weighted by Gasteiger charge is 2.10. The number of carboxylic acids is 1. The van der Waals surface area contributed by atoms with Crippen molar-refractivity contribution in [2.24, 2.45) is 0 Å². The second kappa shape index (κ2) is 17.5. The molecule has 0 aromatic heterocycles. The Kier molecular flexibility index (Phi) is 16.2. The number of aliphatic hydroxyl groups excluding tert-OH is 3. The van der Waals surface area contributed by atoms with Crippen molar-refractivity contribution in [1.29, 1.82) is 0 Å². The van der Waals surface area contributed by atoms with E-state index in [2.05, 4.69) is 0 Å². The summed E-state index contributed by atoms with van der Waals surface area (Å²) >= 11 is 0. The molecule has 0 unspecified atom stereocenters. The van der Waals surface area contributed by atoms with Crippen molar-refractivity contribution >= 4 is 5.97 Å². The summed E-state index contributed by atoms with van der Waals surface area (Å²) in [6, 6.07) is 0. The van der Waals surface area contributed by atoms with Crippen molar-refractivity contribution in [3.63, 3.8) is 0 Å². The zero-order valence-corrected chi connectivity index (χ0v) is 16.2. The van der Waals surface area contributed by atoms with Gasteiger partial charge in [0.15, 0.2) is 0 Å². The summed E-state index contributed by atoms with van der Waals surface area (Å²) in [5.41, 5.74) is 0. The van der Waals surface area contributed by atoms with Gasteiger partial charge in [-0.15, -0.1) is 0 Å². The number of carbonyl (C=O) groups is 1. The molecule has 0 spiro atoms. The Labute approximate surface area is 162 Å². The maximum Gasteiger partial charge on any atom is 0.303 e. The van der Waals surface area contributed by atoms with E-state index in [-0.39, 0.29) is 6.42 Å². The number of allylic oxidation sites excluding steroid dienone is 7. The van der Waals surface area contributed by atoms with Crippen molar-refractivity contribution in [2.45, 2.75) is 70.2 Å². The van der Waals surface area contributed by atoms with Crippen LogP contribution in [0.5, 0.6) is 0 Å². The molecular weight excluding hydrogens is 344 g/mol. The van der Waals surface area contributed by atoms with E-state index in [0.717, 1.165) is 19.3 Å². The lowest BCUT2D eigenvalue weighted by Gasteiger charge is -2.11. The minimum absolute atomic E-state index is 0.182. The average Bonchev–Trinajstić information content (AvgIpc) is 2.63. The van der Waals surface area contributed by atoms with Crippen LogP contribution < -0.4 is 0 Å². The maximum atomic E-state index is 10.4. The second-order valence-electron chi connectivity index (χ2n) is 6.27. The number of unbranched alkanes of at least 4 members (excludes halogenated alkanes) is 2. The minimum Gasteiger partial charge on any atom is -0.481 e. The Morgan fingerprint density at radius 2 is 1.48 bits per heavy atom. The van der Waals surface area contributed by atoms with Crippen LogP contribution in [0.4, 0.5) is 0 Å². The Bertz CT molecular complexity index is 517. The van der Waals surface area contributed by atoms with E-state index in [1.807, 2.05) is 19.1 Å². The molecule has 152 valence electrons. The number of hydrogen-bond acceptors (Lipinski definition) is 4. The van der Waals surface area contributed by atoms with Gasteiger partial charge in [0.1, 0.15) is 0 Å². The third-order valence-electron chi connectivity index (χ3n) is 3.76. The van der Waals surface area contributed by atoms with Crippen LogP contribution in [0.2, 0.25) is 0 Å². The molecule has 4 N–H and O–H groups in total. The van der Waals surface area contributed by atoms with Crippen molar-refractivity contribution in [1.82, 2.24) is 0 Å². The van der Waals surface area contributed by atoms with Gasteiger partial charge in [0.2, 0.25) is 0 Å². The van der Waals surface area contributed by atoms with Gasteiger partial charge in [-0.3, -0.25) is 4.79 Å². The summed E-state index contributed by atoms with van der Waals surface area (Å²) in [5, 5.41) is 37.8. The number of rotatable bonds is 15. The summed E-state index contributed by atoms with van der Waals surface area (Å²) < 4.78 is 0. The Morgan fingerprint density at radius 3 is 2.11 bits per heavy atom. The molecule has 3 atom stereocenters. The topological polar surface area (TPSA) is 98.0 Å². The van der Waals surface area contributed by atoms with Crippen LogP contribution in [0.1, 0.15) is 51.9 Å². The molecule has 0 saturated carbocycles. The van der Waals surface area contributed by atoms with Gasteiger partial charge in [0, 0.05) is 6.42 Å². The third kappa shape index (κ3) is 17.2. The second-order valence-corrected chi connectivity index (χ2v) is 6.27. The van der Waals surface area contributed by atoms with Crippen LogP contribution in [0.3, 0.4) is 0 Å². The number of aliphatic carboxylic acids is 1. The normalized spacial score (nSPS) is 16.3. The molecule has 27 heavy (non-hydrogen) atoms. The van der Waals surface area contributed by atoms with Crippen LogP contribution in [0, 0.1) is 0 Å². The highest BCUT2D eigenvalue weighted by atomic mass is 16.4. The van der Waals surface area contributed by atoms with Crippen LogP contribution in [0.25, 0.3) is 0 Å². The maximum absolute atomic E-state index is 10.4. The number of carboxylic acid groups (broad SMARTS) is 1. The van der Waals surface area contributed by atoms with E-state index in [1.165, 1.54) is 0 Å². The van der Waals surface area contributed by atoms with E-state index in [4.69, 9.17) is 5.11 Å². The molecule has 0 saturated heterocycles. The molecule has 0 aliphatic heterocycles. The molecule has 5 nitrogen and oxygen atoms in total.